The van der Waals surface area contributed by atoms with Crippen molar-refractivity contribution in [1.29, 1.82) is 5.26 Å². The number of alkyl halides is 2. The molecule has 36 valence electrons. The Hall–Kier alpha value is 0.700. The molecule has 0 heterocycles. The van der Waals surface area contributed by atoms with E-state index in [0.717, 1.165) is 0 Å². The van der Waals surface area contributed by atoms with E-state index in [0.29, 0.717) is 5.33 Å². The van der Waals surface area contributed by atoms with Crippen LogP contribution in [-0.4, -0.2) is 10.3 Å². The molecule has 0 N–H and O–H groups in total. The molecule has 0 spiro atoms. The summed E-state index contributed by atoms with van der Waals surface area (Å²) in [6.07, 6.45) is 0. The number of hydrogen-bond acceptors (Lipinski definition) is 1. The van der Waals surface area contributed by atoms with E-state index in [9.17, 15) is 0 Å². The average Bonchev–Trinajstić information content (AvgIpc) is 1.72. The molecule has 0 atom stereocenters. The third-order valence-corrected chi connectivity index (χ3v) is 0.311. The topological polar surface area (TPSA) is 23.8 Å². The summed E-state index contributed by atoms with van der Waals surface area (Å²) >= 11 is 5.04. The van der Waals surface area contributed by atoms with Crippen molar-refractivity contribution in [3.63, 3.8) is 0 Å². The third kappa shape index (κ3) is 22.3. The first-order valence-electron chi connectivity index (χ1n) is 1.22. The van der Waals surface area contributed by atoms with Crippen LogP contribution in [0.15, 0.2) is 0 Å². The molecular weight excluding hydrogens is 257 g/mol. The van der Waals surface area contributed by atoms with E-state index in [4.69, 9.17) is 5.26 Å². The van der Waals surface area contributed by atoms with Gasteiger partial charge in [-0.1, -0.05) is 38.5 Å². The van der Waals surface area contributed by atoms with E-state index >= 15 is 0 Å². The first-order chi connectivity index (χ1) is 2.91. The van der Waals surface area contributed by atoms with Crippen LogP contribution in [0.2, 0.25) is 0 Å². The molecule has 0 amide bonds. The Labute approximate surface area is 60.0 Å². The van der Waals surface area contributed by atoms with Gasteiger partial charge >= 0.3 is 0 Å². The van der Waals surface area contributed by atoms with Crippen LogP contribution in [0.4, 0.5) is 0 Å². The van der Waals surface area contributed by atoms with Gasteiger partial charge in [0, 0.05) is 0 Å². The molecule has 0 rings (SSSR count). The molecule has 0 radical (unpaired) electrons. The van der Waals surface area contributed by atoms with Gasteiger partial charge in [-0.3, -0.25) is 0 Å². The fraction of sp³-hybridized carbons (Fsp3) is 0.667. The molecule has 0 unspecified atom stereocenters. The van der Waals surface area contributed by atoms with Crippen LogP contribution >= 0.6 is 38.5 Å². The first kappa shape index (κ1) is 9.85. The molecule has 0 fully saturated rings. The maximum absolute atomic E-state index is 7.58. The maximum Gasteiger partial charge on any atom is 0.0905 e. The summed E-state index contributed by atoms with van der Waals surface area (Å²) < 4.78 is 0. The zero-order chi connectivity index (χ0) is 5.41. The van der Waals surface area contributed by atoms with Gasteiger partial charge in [-0.05, 0) is 4.93 Å². The van der Waals surface area contributed by atoms with Crippen LogP contribution in [0.5, 0.6) is 0 Å². The van der Waals surface area contributed by atoms with Crippen molar-refractivity contribution in [3.8, 4) is 6.07 Å². The second-order valence-corrected chi connectivity index (χ2v) is 0.852. The van der Waals surface area contributed by atoms with Crippen molar-refractivity contribution in [2.75, 3.05) is 10.3 Å². The molecule has 0 aliphatic heterocycles. The van der Waals surface area contributed by atoms with Crippen LogP contribution in [0, 0.1) is 11.3 Å². The highest BCUT2D eigenvalue weighted by Gasteiger charge is 1.52. The van der Waals surface area contributed by atoms with Gasteiger partial charge in [-0.25, -0.2) is 0 Å². The van der Waals surface area contributed by atoms with Crippen LogP contribution in [0.25, 0.3) is 0 Å². The summed E-state index contributed by atoms with van der Waals surface area (Å²) in [4.78, 5) is 1.97. The monoisotopic (exact) mass is 261 g/mol. The van der Waals surface area contributed by atoms with Crippen LogP contribution in [0.1, 0.15) is 0 Å². The summed E-state index contributed by atoms with van der Waals surface area (Å²) in [5, 5.41) is 8.02. The molecule has 1 nitrogen and oxygen atoms in total. The maximum atomic E-state index is 7.58. The molecule has 0 aromatic heterocycles. The molecule has 0 bridgehead atoms. The van der Waals surface area contributed by atoms with E-state index in [1.165, 1.54) is 0 Å². The minimum Gasteiger partial charge on any atom is -0.197 e. The SMILES string of the molecule is CI.N#CCBr. The van der Waals surface area contributed by atoms with Crippen molar-refractivity contribution in [2.45, 2.75) is 0 Å². The van der Waals surface area contributed by atoms with Gasteiger partial charge in [0.1, 0.15) is 0 Å². The number of halogens is 2. The van der Waals surface area contributed by atoms with Crippen LogP contribution in [0.3, 0.4) is 0 Å². The molecule has 6 heavy (non-hydrogen) atoms. The lowest BCUT2D eigenvalue weighted by molar-refractivity contribution is 1.50. The molecule has 0 saturated carbocycles. The molecule has 0 aromatic rings. The zero-order valence-electron chi connectivity index (χ0n) is 3.41. The van der Waals surface area contributed by atoms with Crippen molar-refractivity contribution >= 4 is 38.5 Å². The van der Waals surface area contributed by atoms with Gasteiger partial charge < -0.3 is 0 Å². The number of nitrogens with zero attached hydrogens (tertiary/aromatic N) is 1. The summed E-state index contributed by atoms with van der Waals surface area (Å²) in [5.74, 6) is 0. The van der Waals surface area contributed by atoms with E-state index < -0.39 is 0 Å². The summed E-state index contributed by atoms with van der Waals surface area (Å²) in [7, 11) is 0. The molecule has 0 aliphatic rings. The fourth-order valence-corrected chi connectivity index (χ4v) is 0. The highest BCUT2D eigenvalue weighted by Crippen LogP contribution is 1.68. The minimum absolute atomic E-state index is 0.438. The molecule has 0 aromatic carbocycles. The highest BCUT2D eigenvalue weighted by molar-refractivity contribution is 14.1. The van der Waals surface area contributed by atoms with Gasteiger partial charge in [0.15, 0.2) is 0 Å². The Kier molecular flexibility index (Phi) is 28.4. The number of hydrogen-bond donors (Lipinski definition) is 0. The van der Waals surface area contributed by atoms with E-state index in [-0.39, 0.29) is 0 Å². The van der Waals surface area contributed by atoms with Crippen LogP contribution < -0.4 is 0 Å². The smallest absolute Gasteiger partial charge is 0.0905 e. The lowest BCUT2D eigenvalue weighted by atomic mass is 10.9. The predicted molar refractivity (Wildman–Crippen MR) is 39.4 cm³/mol. The standard InChI is InChI=1S/C2H2BrN.CH3I/c3-1-2-4;1-2/h1H2;1H3. The van der Waals surface area contributed by atoms with E-state index in [2.05, 4.69) is 38.5 Å². The first-order valence-corrected chi connectivity index (χ1v) is 4.50. The Morgan fingerprint density at radius 3 is 2.00 bits per heavy atom. The quantitative estimate of drug-likeness (QED) is 0.483. The largest absolute Gasteiger partial charge is 0.197 e. The Bertz CT molecular complexity index is 40.5. The van der Waals surface area contributed by atoms with Crippen molar-refractivity contribution in [3.05, 3.63) is 0 Å². The van der Waals surface area contributed by atoms with Crippen LogP contribution in [-0.2, 0) is 0 Å². The molecule has 0 saturated heterocycles. The summed E-state index contributed by atoms with van der Waals surface area (Å²) in [5.41, 5.74) is 0. The molecular formula is C3H5BrIN. The lowest BCUT2D eigenvalue weighted by Crippen LogP contribution is -1.45. The lowest BCUT2D eigenvalue weighted by Gasteiger charge is -1.44. The summed E-state index contributed by atoms with van der Waals surface area (Å²) in [6.45, 7) is 0. The zero-order valence-corrected chi connectivity index (χ0v) is 7.15. The van der Waals surface area contributed by atoms with Gasteiger partial charge in [-0.2, -0.15) is 5.26 Å². The number of nitriles is 1. The van der Waals surface area contributed by atoms with Crippen molar-refractivity contribution < 1.29 is 0 Å². The Morgan fingerprint density at radius 2 is 2.00 bits per heavy atom. The van der Waals surface area contributed by atoms with E-state index in [1.54, 1.807) is 0 Å². The van der Waals surface area contributed by atoms with Gasteiger partial charge in [0.05, 0.1) is 11.4 Å². The number of rotatable bonds is 0. The third-order valence-electron chi connectivity index (χ3n) is 0.0598. The summed E-state index contributed by atoms with van der Waals surface area (Å²) in [6, 6.07) is 1.85. The van der Waals surface area contributed by atoms with Gasteiger partial charge in [0.25, 0.3) is 0 Å². The van der Waals surface area contributed by atoms with Crippen molar-refractivity contribution in [1.82, 2.24) is 0 Å². The van der Waals surface area contributed by atoms with E-state index in [1.807, 2.05) is 11.0 Å². The normalized spacial score (nSPS) is 4.33. The second kappa shape index (κ2) is 17.3. The Balaban J connectivity index is 0. The van der Waals surface area contributed by atoms with Gasteiger partial charge in [0.2, 0.25) is 0 Å². The fourth-order valence-electron chi connectivity index (χ4n) is 0. The molecule has 0 aliphatic carbocycles. The van der Waals surface area contributed by atoms with Crippen molar-refractivity contribution in [2.24, 2.45) is 0 Å². The predicted octanol–water partition coefficient (Wildman–Crippen LogP) is 1.96. The van der Waals surface area contributed by atoms with Gasteiger partial charge in [-0.15, -0.1) is 0 Å². The second-order valence-electron chi connectivity index (χ2n) is 0.292. The minimum atomic E-state index is 0.438. The highest BCUT2D eigenvalue weighted by atomic mass is 127. The molecule has 3 heteroatoms. The Morgan fingerprint density at radius 1 is 1.83 bits per heavy atom. The average molecular weight is 262 g/mol.